The predicted octanol–water partition coefficient (Wildman–Crippen LogP) is 5.85. The number of aliphatic hydroxyl groups excluding tert-OH is 1. The maximum absolute atomic E-state index is 14.7. The fourth-order valence-electron chi connectivity index (χ4n) is 5.68. The minimum absolute atomic E-state index is 0.0778. The number of hydrogen-bond donors (Lipinski definition) is 2. The molecule has 0 spiro atoms. The van der Waals surface area contributed by atoms with E-state index in [2.05, 4.69) is 49.6 Å². The van der Waals surface area contributed by atoms with E-state index in [9.17, 15) is 14.3 Å². The summed E-state index contributed by atoms with van der Waals surface area (Å²) in [5.41, 5.74) is 9.41. The lowest BCUT2D eigenvalue weighted by molar-refractivity contribution is -0.146. The molecule has 1 aromatic heterocycles. The summed E-state index contributed by atoms with van der Waals surface area (Å²) in [5.74, 6) is 0.902. The summed E-state index contributed by atoms with van der Waals surface area (Å²) in [6.45, 7) is 8.89. The Balaban J connectivity index is 1.26. The first-order chi connectivity index (χ1) is 18.5. The molecule has 1 aliphatic carbocycles. The van der Waals surface area contributed by atoms with Gasteiger partial charge in [0.2, 0.25) is 0 Å². The Morgan fingerprint density at radius 3 is 2.56 bits per heavy atom. The molecule has 0 amide bonds. The molecule has 1 fully saturated rings. The number of Topliss-reactive ketones (excluding diaryl/α,β-unsaturated/α-hetero) is 1. The highest BCUT2D eigenvalue weighted by atomic mass is 19.2. The summed E-state index contributed by atoms with van der Waals surface area (Å²) in [5, 5.41) is 11.4. The maximum Gasteiger partial charge on any atom is 0.430 e. The molecule has 5 rings (SSSR count). The van der Waals surface area contributed by atoms with Crippen LogP contribution in [0, 0.1) is 0 Å². The predicted molar refractivity (Wildman–Crippen MR) is 151 cm³/mol. The summed E-state index contributed by atoms with van der Waals surface area (Å²) in [6, 6.07) is 11.6. The largest absolute Gasteiger partial charge is 0.430 e. The van der Waals surface area contributed by atoms with E-state index in [4.69, 9.17) is 15.2 Å². The maximum atomic E-state index is 14.7. The molecule has 2 unspecified atom stereocenters. The fourth-order valence-corrected chi connectivity index (χ4v) is 5.68. The monoisotopic (exact) mass is 534 g/mol. The quantitative estimate of drug-likeness (QED) is 0.319. The van der Waals surface area contributed by atoms with Crippen LogP contribution >= 0.6 is 0 Å². The molecule has 208 valence electrons. The van der Waals surface area contributed by atoms with Crippen molar-refractivity contribution in [1.29, 1.82) is 0 Å². The smallest absolute Gasteiger partial charge is 0.419 e. The molecular formula is C32H39FN2O4. The van der Waals surface area contributed by atoms with E-state index >= 15 is 0 Å². The number of aryl methyl sites for hydroxylation is 1. The van der Waals surface area contributed by atoms with Crippen molar-refractivity contribution < 1.29 is 23.8 Å². The van der Waals surface area contributed by atoms with Crippen LogP contribution in [-0.4, -0.2) is 34.1 Å². The van der Waals surface area contributed by atoms with Crippen LogP contribution in [0.25, 0.3) is 10.9 Å². The van der Waals surface area contributed by atoms with Crippen molar-refractivity contribution in [3.05, 3.63) is 71.4 Å². The van der Waals surface area contributed by atoms with Gasteiger partial charge < -0.3 is 24.9 Å². The number of ketones is 1. The molecule has 1 saturated carbocycles. The number of alkyl halides is 1. The number of nitrogens with zero attached hydrogens (tertiary/aromatic N) is 1. The first kappa shape index (κ1) is 27.4. The summed E-state index contributed by atoms with van der Waals surface area (Å²) < 4.78 is 27.5. The molecule has 2 atom stereocenters. The number of carbonyl (C=O) groups is 1. The summed E-state index contributed by atoms with van der Waals surface area (Å²) in [4.78, 5) is 13.4. The van der Waals surface area contributed by atoms with Gasteiger partial charge in [-0.1, -0.05) is 39.0 Å². The van der Waals surface area contributed by atoms with E-state index in [0.29, 0.717) is 24.5 Å². The Morgan fingerprint density at radius 1 is 1.15 bits per heavy atom. The number of nitrogens with two attached hydrogens (primary N) is 1. The molecule has 0 radical (unpaired) electrons. The standard InChI is InChI=1S/C32H39FN2O4/c1-5-13-32(33)38-26-12-10-23(18-27(26)39-32)31(14-15-31)29(37)8-6-7-21-9-11-25-22(16-21)17-28(30(2,3)4)35(25)20-24(36)19-34/h5,9-13,16-18,24,36H,6-8,14-15,19-20,34H2,1-4H3. The number of aliphatic hydroxyl groups is 1. The molecule has 2 aliphatic rings. The lowest BCUT2D eigenvalue weighted by Crippen LogP contribution is -2.29. The number of fused-ring (bicyclic) bond motifs is 2. The normalized spacial score (nSPS) is 20.6. The second-order valence-corrected chi connectivity index (χ2v) is 12.0. The number of ether oxygens (including phenoxy) is 2. The second-order valence-electron chi connectivity index (χ2n) is 12.0. The van der Waals surface area contributed by atoms with Crippen LogP contribution in [0.15, 0.2) is 54.6 Å². The summed E-state index contributed by atoms with van der Waals surface area (Å²) >= 11 is 0. The van der Waals surface area contributed by atoms with Gasteiger partial charge in [-0.25, -0.2) is 0 Å². The highest BCUT2D eigenvalue weighted by molar-refractivity contribution is 5.93. The number of carbonyl (C=O) groups excluding carboxylic acids is 1. The molecule has 0 bridgehead atoms. The average Bonchev–Trinajstić information content (AvgIpc) is 3.51. The molecule has 1 aliphatic heterocycles. The van der Waals surface area contributed by atoms with E-state index < -0.39 is 17.6 Å². The Morgan fingerprint density at radius 2 is 1.90 bits per heavy atom. The van der Waals surface area contributed by atoms with E-state index in [-0.39, 0.29) is 17.7 Å². The van der Waals surface area contributed by atoms with Crippen LogP contribution in [0.4, 0.5) is 4.39 Å². The Bertz CT molecular complexity index is 1420. The van der Waals surface area contributed by atoms with E-state index in [1.807, 2.05) is 6.07 Å². The van der Waals surface area contributed by atoms with Gasteiger partial charge in [-0.05, 0) is 74.1 Å². The van der Waals surface area contributed by atoms with Gasteiger partial charge in [0.15, 0.2) is 11.5 Å². The van der Waals surface area contributed by atoms with Gasteiger partial charge in [0.05, 0.1) is 18.1 Å². The highest BCUT2D eigenvalue weighted by Gasteiger charge is 2.51. The zero-order chi connectivity index (χ0) is 28.0. The first-order valence-corrected chi connectivity index (χ1v) is 13.9. The lowest BCUT2D eigenvalue weighted by Gasteiger charge is -2.23. The topological polar surface area (TPSA) is 86.7 Å². The fraction of sp³-hybridized carbons (Fsp3) is 0.469. The lowest BCUT2D eigenvalue weighted by atomic mass is 9.88. The van der Waals surface area contributed by atoms with Gasteiger partial charge >= 0.3 is 6.04 Å². The average molecular weight is 535 g/mol. The van der Waals surface area contributed by atoms with Gasteiger partial charge in [0, 0.05) is 41.1 Å². The van der Waals surface area contributed by atoms with Gasteiger partial charge in [0.25, 0.3) is 0 Å². The second kappa shape index (κ2) is 10.1. The van der Waals surface area contributed by atoms with Crippen molar-refractivity contribution >= 4 is 16.7 Å². The van der Waals surface area contributed by atoms with E-state index in [0.717, 1.165) is 47.8 Å². The van der Waals surface area contributed by atoms with E-state index in [1.165, 1.54) is 11.6 Å². The van der Waals surface area contributed by atoms with Crippen LogP contribution < -0.4 is 15.2 Å². The molecule has 2 heterocycles. The first-order valence-electron chi connectivity index (χ1n) is 13.9. The number of aromatic nitrogens is 1. The molecular weight excluding hydrogens is 495 g/mol. The third-order valence-corrected chi connectivity index (χ3v) is 7.91. The van der Waals surface area contributed by atoms with E-state index in [1.54, 1.807) is 25.1 Å². The zero-order valence-electron chi connectivity index (χ0n) is 23.3. The van der Waals surface area contributed by atoms with Crippen molar-refractivity contribution in [3.8, 4) is 11.5 Å². The van der Waals surface area contributed by atoms with Gasteiger partial charge in [-0.2, -0.15) is 4.39 Å². The minimum Gasteiger partial charge on any atom is -0.419 e. The third-order valence-electron chi connectivity index (χ3n) is 7.91. The summed E-state index contributed by atoms with van der Waals surface area (Å²) in [6.07, 6.45) is 5.80. The highest BCUT2D eigenvalue weighted by Crippen LogP contribution is 2.53. The van der Waals surface area contributed by atoms with Crippen LogP contribution in [0.1, 0.15) is 70.2 Å². The number of rotatable bonds is 10. The number of halogens is 1. The molecule has 0 saturated heterocycles. The van der Waals surface area contributed by atoms with Crippen LogP contribution in [0.2, 0.25) is 0 Å². The van der Waals surface area contributed by atoms with Gasteiger partial charge in [0.1, 0.15) is 5.78 Å². The number of allylic oxidation sites excluding steroid dienone is 1. The third kappa shape index (κ3) is 5.35. The minimum atomic E-state index is -2.30. The van der Waals surface area contributed by atoms with Crippen molar-refractivity contribution in [1.82, 2.24) is 4.57 Å². The summed E-state index contributed by atoms with van der Waals surface area (Å²) in [7, 11) is 0. The molecule has 3 aromatic rings. The Hall–Kier alpha value is -3.16. The zero-order valence-corrected chi connectivity index (χ0v) is 23.3. The molecule has 39 heavy (non-hydrogen) atoms. The van der Waals surface area contributed by atoms with Crippen LogP contribution in [0.3, 0.4) is 0 Å². The van der Waals surface area contributed by atoms with Crippen molar-refractivity contribution in [2.75, 3.05) is 6.54 Å². The Kier molecular flexibility index (Phi) is 7.10. The molecule has 6 nitrogen and oxygen atoms in total. The van der Waals surface area contributed by atoms with Crippen LogP contribution in [0.5, 0.6) is 11.5 Å². The Labute approximate surface area is 229 Å². The molecule has 2 aromatic carbocycles. The molecule has 3 N–H and O–H groups in total. The van der Waals surface area contributed by atoms with Gasteiger partial charge in [-0.3, -0.25) is 4.79 Å². The van der Waals surface area contributed by atoms with Crippen molar-refractivity contribution in [2.24, 2.45) is 5.73 Å². The molecule has 7 heteroatoms. The van der Waals surface area contributed by atoms with Crippen LogP contribution in [-0.2, 0) is 28.6 Å². The number of benzene rings is 2. The SMILES string of the molecule is CC=CC1(F)Oc2ccc(C3(C(=O)CCCc4ccc5c(c4)cc(C(C)(C)C)n5CC(O)CN)CC3)cc2O1. The van der Waals surface area contributed by atoms with Crippen molar-refractivity contribution in [3.63, 3.8) is 0 Å². The van der Waals surface area contributed by atoms with Gasteiger partial charge in [-0.15, -0.1) is 0 Å². The number of hydrogen-bond acceptors (Lipinski definition) is 5. The van der Waals surface area contributed by atoms with Crippen molar-refractivity contribution in [2.45, 2.75) is 89.3 Å².